The quantitative estimate of drug-likeness (QED) is 0.412. The van der Waals surface area contributed by atoms with Crippen LogP contribution < -0.4 is 0 Å². The number of morpholine rings is 1. The van der Waals surface area contributed by atoms with Crippen LogP contribution in [0.4, 0.5) is 0 Å². The summed E-state index contributed by atoms with van der Waals surface area (Å²) in [4.78, 5) is 0. The third-order valence-corrected chi connectivity index (χ3v) is 2.60. The predicted octanol–water partition coefficient (Wildman–Crippen LogP) is -0.138. The minimum atomic E-state index is 0.554. The van der Waals surface area contributed by atoms with Gasteiger partial charge in [-0.1, -0.05) is 0 Å². The van der Waals surface area contributed by atoms with Gasteiger partial charge in [0.2, 0.25) is 0 Å². The Labute approximate surface area is 67.5 Å². The summed E-state index contributed by atoms with van der Waals surface area (Å²) in [5.41, 5.74) is 0. The lowest BCUT2D eigenvalue weighted by Gasteiger charge is -2.37. The van der Waals surface area contributed by atoms with Crippen LogP contribution in [0, 0.1) is 0 Å². The first kappa shape index (κ1) is 7.53. The Hall–Kier alpha value is -0.120. The molecule has 1 atom stereocenters. The van der Waals surface area contributed by atoms with Gasteiger partial charge in [0, 0.05) is 0 Å². The van der Waals surface area contributed by atoms with E-state index < -0.39 is 0 Å². The van der Waals surface area contributed by atoms with Crippen LogP contribution in [0.5, 0.6) is 0 Å². The number of hydrogen-bond acceptors (Lipinski definition) is 2. The monoisotopic (exact) mass is 158 g/mol. The van der Waals surface area contributed by atoms with E-state index in [1.165, 1.54) is 6.54 Å². The molecule has 2 aliphatic heterocycles. The van der Waals surface area contributed by atoms with Crippen LogP contribution >= 0.6 is 0 Å². The normalized spacial score (nSPS) is 35.2. The lowest BCUT2D eigenvalue weighted by Crippen LogP contribution is -2.53. The van der Waals surface area contributed by atoms with E-state index in [9.17, 15) is 0 Å². The molecule has 0 radical (unpaired) electrons. The summed E-state index contributed by atoms with van der Waals surface area (Å²) >= 11 is 0. The minimum Gasteiger partial charge on any atom is -0.370 e. The topological polar surface area (TPSA) is 21.8 Å². The van der Waals surface area contributed by atoms with Crippen molar-refractivity contribution in [2.75, 3.05) is 46.5 Å². The van der Waals surface area contributed by atoms with E-state index in [4.69, 9.17) is 9.47 Å². The zero-order chi connectivity index (χ0) is 7.73. The molecule has 11 heavy (non-hydrogen) atoms. The van der Waals surface area contributed by atoms with E-state index >= 15 is 0 Å². The van der Waals surface area contributed by atoms with Gasteiger partial charge in [-0.25, -0.2) is 0 Å². The fourth-order valence-electron chi connectivity index (χ4n) is 1.63. The molecule has 2 fully saturated rings. The van der Waals surface area contributed by atoms with Crippen molar-refractivity contribution in [1.82, 2.24) is 0 Å². The Morgan fingerprint density at radius 2 is 2.00 bits per heavy atom. The zero-order valence-corrected chi connectivity index (χ0v) is 7.08. The van der Waals surface area contributed by atoms with E-state index in [1.54, 1.807) is 0 Å². The summed E-state index contributed by atoms with van der Waals surface area (Å²) in [5.74, 6) is 0. The van der Waals surface area contributed by atoms with E-state index in [2.05, 4.69) is 7.05 Å². The highest BCUT2D eigenvalue weighted by molar-refractivity contribution is 4.68. The maximum absolute atomic E-state index is 5.31. The lowest BCUT2D eigenvalue weighted by atomic mass is 10.3. The molecule has 2 aliphatic rings. The van der Waals surface area contributed by atoms with Crippen molar-refractivity contribution >= 4 is 0 Å². The Morgan fingerprint density at radius 1 is 1.36 bits per heavy atom. The smallest absolute Gasteiger partial charge is 0.130 e. The molecule has 0 aromatic carbocycles. The largest absolute Gasteiger partial charge is 0.370 e. The molecule has 0 spiro atoms. The zero-order valence-electron chi connectivity index (χ0n) is 7.08. The van der Waals surface area contributed by atoms with Crippen molar-refractivity contribution in [3.8, 4) is 0 Å². The van der Waals surface area contributed by atoms with Gasteiger partial charge in [-0.3, -0.25) is 0 Å². The molecule has 2 heterocycles. The summed E-state index contributed by atoms with van der Waals surface area (Å²) < 4.78 is 11.7. The van der Waals surface area contributed by atoms with Crippen LogP contribution in [0.2, 0.25) is 0 Å². The first-order valence-electron chi connectivity index (χ1n) is 4.31. The Morgan fingerprint density at radius 3 is 2.55 bits per heavy atom. The molecule has 0 bridgehead atoms. The standard InChI is InChI=1S/C8H16NO2/c1-9(6-8-7-11-8)2-4-10-5-3-9/h8H,2-7H2,1H3/q+1/t8-/m1/s1. The van der Waals surface area contributed by atoms with Crippen molar-refractivity contribution in [1.29, 1.82) is 0 Å². The van der Waals surface area contributed by atoms with Crippen molar-refractivity contribution in [3.05, 3.63) is 0 Å². The van der Waals surface area contributed by atoms with Gasteiger partial charge in [0.05, 0.1) is 26.9 Å². The number of nitrogens with zero attached hydrogens (tertiary/aromatic N) is 1. The molecule has 0 aromatic rings. The van der Waals surface area contributed by atoms with Crippen molar-refractivity contribution in [3.63, 3.8) is 0 Å². The molecule has 2 rings (SSSR count). The Balaban J connectivity index is 1.84. The van der Waals surface area contributed by atoms with Gasteiger partial charge in [0.15, 0.2) is 0 Å². The van der Waals surface area contributed by atoms with Crippen LogP contribution in [0.25, 0.3) is 0 Å². The maximum atomic E-state index is 5.31. The molecule has 0 aliphatic carbocycles. The molecule has 0 unspecified atom stereocenters. The fourth-order valence-corrected chi connectivity index (χ4v) is 1.63. The molecule has 3 nitrogen and oxygen atoms in total. The average Bonchev–Trinajstić information content (AvgIpc) is 2.72. The van der Waals surface area contributed by atoms with Crippen LogP contribution in [-0.2, 0) is 9.47 Å². The number of epoxide rings is 1. The molecule has 2 saturated heterocycles. The second-order valence-corrected chi connectivity index (χ2v) is 3.82. The highest BCUT2D eigenvalue weighted by Gasteiger charge is 2.35. The van der Waals surface area contributed by atoms with Crippen molar-refractivity contribution < 1.29 is 14.0 Å². The first-order chi connectivity index (χ1) is 5.29. The molecular weight excluding hydrogens is 142 g/mol. The van der Waals surface area contributed by atoms with Gasteiger partial charge < -0.3 is 14.0 Å². The molecule has 3 heteroatoms. The number of likely N-dealkylation sites (N-methyl/N-ethyl adjacent to an activating group) is 1. The Bertz CT molecular complexity index is 139. The van der Waals surface area contributed by atoms with Gasteiger partial charge in [-0.2, -0.15) is 0 Å². The summed E-state index contributed by atoms with van der Waals surface area (Å²) in [6, 6.07) is 0. The minimum absolute atomic E-state index is 0.554. The van der Waals surface area contributed by atoms with Crippen LogP contribution in [0.1, 0.15) is 0 Å². The van der Waals surface area contributed by atoms with Gasteiger partial charge in [0.1, 0.15) is 25.7 Å². The van der Waals surface area contributed by atoms with Crippen molar-refractivity contribution in [2.45, 2.75) is 6.10 Å². The van der Waals surface area contributed by atoms with Crippen LogP contribution in [-0.4, -0.2) is 57.1 Å². The maximum Gasteiger partial charge on any atom is 0.130 e. The highest BCUT2D eigenvalue weighted by atomic mass is 16.6. The van der Waals surface area contributed by atoms with Crippen LogP contribution in [0.15, 0.2) is 0 Å². The van der Waals surface area contributed by atoms with Gasteiger partial charge in [-0.05, 0) is 0 Å². The number of hydrogen-bond donors (Lipinski definition) is 0. The molecule has 0 amide bonds. The molecule has 0 N–H and O–H groups in total. The molecule has 64 valence electrons. The molecular formula is C8H16NO2+. The lowest BCUT2D eigenvalue weighted by molar-refractivity contribution is -0.917. The molecule has 0 saturated carbocycles. The second kappa shape index (κ2) is 2.73. The fraction of sp³-hybridized carbons (Fsp3) is 1.00. The van der Waals surface area contributed by atoms with Gasteiger partial charge in [-0.15, -0.1) is 0 Å². The van der Waals surface area contributed by atoms with E-state index in [-0.39, 0.29) is 0 Å². The average molecular weight is 158 g/mol. The summed E-state index contributed by atoms with van der Waals surface area (Å²) in [7, 11) is 2.30. The number of quaternary nitrogens is 1. The van der Waals surface area contributed by atoms with Gasteiger partial charge in [0.25, 0.3) is 0 Å². The summed E-state index contributed by atoms with van der Waals surface area (Å²) in [5, 5.41) is 0. The number of rotatable bonds is 2. The van der Waals surface area contributed by atoms with E-state index in [0.717, 1.165) is 37.4 Å². The third kappa shape index (κ3) is 1.92. The Kier molecular flexibility index (Phi) is 1.87. The van der Waals surface area contributed by atoms with E-state index in [1.807, 2.05) is 0 Å². The molecule has 0 aromatic heterocycles. The SMILES string of the molecule is C[N+]1(C[C@@H]2CO2)CCOCC1. The summed E-state index contributed by atoms with van der Waals surface area (Å²) in [6.45, 7) is 6.31. The van der Waals surface area contributed by atoms with Crippen LogP contribution in [0.3, 0.4) is 0 Å². The predicted molar refractivity (Wildman–Crippen MR) is 41.3 cm³/mol. The van der Waals surface area contributed by atoms with E-state index in [0.29, 0.717) is 6.10 Å². The second-order valence-electron chi connectivity index (χ2n) is 3.82. The first-order valence-corrected chi connectivity index (χ1v) is 4.31. The number of ether oxygens (including phenoxy) is 2. The highest BCUT2D eigenvalue weighted by Crippen LogP contribution is 2.16. The van der Waals surface area contributed by atoms with Gasteiger partial charge >= 0.3 is 0 Å². The summed E-state index contributed by atoms with van der Waals surface area (Å²) in [6.07, 6.45) is 0.554. The van der Waals surface area contributed by atoms with Crippen molar-refractivity contribution in [2.24, 2.45) is 0 Å². The third-order valence-electron chi connectivity index (χ3n) is 2.60.